The zero-order valence-corrected chi connectivity index (χ0v) is 30.2. The number of hydrogen-bond donors (Lipinski definition) is 2. The summed E-state index contributed by atoms with van der Waals surface area (Å²) in [6, 6.07) is 18.1. The number of carbonyl (C=O) groups excluding carboxylic acids is 1. The maximum atomic E-state index is 14.7. The summed E-state index contributed by atoms with van der Waals surface area (Å²) in [6.07, 6.45) is -4.24. The van der Waals surface area contributed by atoms with Gasteiger partial charge in [0.05, 0.1) is 31.1 Å². The number of halogens is 2. The van der Waals surface area contributed by atoms with Crippen LogP contribution < -0.4 is 0 Å². The molecular weight excluding hydrogens is 734 g/mol. The second kappa shape index (κ2) is 15.5. The first-order valence-corrected chi connectivity index (χ1v) is 17.9. The number of nitrogens with zero attached hydrogens (tertiary/aromatic N) is 8. The number of piperidine rings is 1. The number of ether oxygens (including phenoxy) is 4. The molecule has 0 radical (unpaired) electrons. The molecule has 0 spiro atoms. The zero-order chi connectivity index (χ0) is 39.1. The van der Waals surface area contributed by atoms with Crippen molar-refractivity contribution < 1.29 is 47.5 Å². The van der Waals surface area contributed by atoms with E-state index in [2.05, 4.69) is 20.6 Å². The summed E-state index contributed by atoms with van der Waals surface area (Å²) in [5, 5.41) is 38.9. The second-order valence-electron chi connectivity index (χ2n) is 13.9. The molecule has 16 nitrogen and oxygen atoms in total. The Morgan fingerprint density at radius 1 is 0.875 bits per heavy atom. The number of likely N-dealkylation sites (N-methyl/N-ethyl adjacent to an activating group) is 1. The molecule has 5 heterocycles. The van der Waals surface area contributed by atoms with Crippen molar-refractivity contribution in [3.63, 3.8) is 0 Å². The summed E-state index contributed by atoms with van der Waals surface area (Å²) in [5.74, 6) is -1.54. The van der Waals surface area contributed by atoms with Gasteiger partial charge in [0.25, 0.3) is 5.91 Å². The van der Waals surface area contributed by atoms with Gasteiger partial charge in [-0.1, -0.05) is 65.0 Å². The highest BCUT2D eigenvalue weighted by molar-refractivity contribution is 5.82. The predicted molar refractivity (Wildman–Crippen MR) is 191 cm³/mol. The van der Waals surface area contributed by atoms with Gasteiger partial charge in [-0.15, -0.1) is 10.2 Å². The first-order chi connectivity index (χ1) is 27.1. The molecule has 56 heavy (non-hydrogen) atoms. The van der Waals surface area contributed by atoms with Crippen LogP contribution in [0.25, 0.3) is 22.5 Å². The number of hydrogen-bond acceptors (Lipinski definition) is 11. The van der Waals surface area contributed by atoms with Crippen LogP contribution in [-0.2, 0) is 23.7 Å². The fraction of sp³-hybridized carbons (Fsp3) is 0.368. The Morgan fingerprint density at radius 2 is 1.52 bits per heavy atom. The smallest absolute Gasteiger partial charge is 0.407 e. The number of amides is 2. The third-order valence-corrected chi connectivity index (χ3v) is 10.6. The molecule has 3 fully saturated rings. The molecule has 0 bridgehead atoms. The fourth-order valence-corrected chi connectivity index (χ4v) is 7.68. The predicted octanol–water partition coefficient (Wildman–Crippen LogP) is 3.34. The first-order valence-electron chi connectivity index (χ1n) is 17.9. The van der Waals surface area contributed by atoms with Crippen LogP contribution in [0.4, 0.5) is 13.6 Å². The Labute approximate surface area is 318 Å². The summed E-state index contributed by atoms with van der Waals surface area (Å²) in [6.45, 7) is -0.368. The largest absolute Gasteiger partial charge is 0.465 e. The quantitative estimate of drug-likeness (QED) is 0.235. The highest BCUT2D eigenvalue weighted by Gasteiger charge is 2.55. The molecular formula is C38H38F2N8O8. The lowest BCUT2D eigenvalue weighted by molar-refractivity contribution is -0.315. The van der Waals surface area contributed by atoms with E-state index >= 15 is 0 Å². The molecule has 3 aliphatic rings. The van der Waals surface area contributed by atoms with E-state index in [1.807, 2.05) is 30.3 Å². The third-order valence-electron chi connectivity index (χ3n) is 10.6. The molecule has 5 aromatic rings. The molecule has 3 saturated heterocycles. The van der Waals surface area contributed by atoms with Gasteiger partial charge in [0.1, 0.15) is 53.5 Å². The number of rotatable bonds is 8. The standard InChI is InChI=1S/C38H38F2N8O8/c1-45(28-18-46(38(51)52)19-29(32(28)49)47-16-26(41-43-47)22-10-6-12-24(39)14-22)36(50)35-34(53-2)31(48-17-27(42-44-48)23-11-7-13-25(40)15-23)33-30(55-35)20-54-37(56-33)21-8-4-3-5-9-21/h3-17,28-35,37,49H,18-20H2,1-2H3,(H,51,52)/t28-,29+,30-,31+,32+,33+,34-,35-,37?/m1/s1. The lowest BCUT2D eigenvalue weighted by Crippen LogP contribution is -2.66. The van der Waals surface area contributed by atoms with E-state index in [0.717, 1.165) is 10.5 Å². The molecule has 3 aromatic carbocycles. The first kappa shape index (κ1) is 37.3. The van der Waals surface area contributed by atoms with Gasteiger partial charge in [-0.3, -0.25) is 4.79 Å². The Bertz CT molecular complexity index is 2190. The number of methoxy groups -OCH3 is 1. The molecule has 2 amide bonds. The van der Waals surface area contributed by atoms with Crippen LogP contribution in [-0.4, -0.2) is 132 Å². The Morgan fingerprint density at radius 3 is 2.14 bits per heavy atom. The Kier molecular flexibility index (Phi) is 10.3. The number of carbonyl (C=O) groups is 2. The van der Waals surface area contributed by atoms with Crippen LogP contribution >= 0.6 is 0 Å². The van der Waals surface area contributed by atoms with E-state index in [4.69, 9.17) is 18.9 Å². The highest BCUT2D eigenvalue weighted by atomic mass is 19.1. The number of carboxylic acid groups (broad SMARTS) is 1. The fourth-order valence-electron chi connectivity index (χ4n) is 7.68. The molecule has 292 valence electrons. The van der Waals surface area contributed by atoms with Gasteiger partial charge in [0.2, 0.25) is 0 Å². The number of aromatic nitrogens is 6. The summed E-state index contributed by atoms with van der Waals surface area (Å²) in [5.41, 5.74) is 2.36. The SMILES string of the molecule is CO[C@@H]1[C@@H](n2cc(-c3cccc(F)c3)nn2)[C@H]2OC(c3ccccc3)OC[C@H]2O[C@H]1C(=O)N(C)[C@@H]1CN(C(=O)O)C[C@H](n2cc(-c3cccc(F)c3)nn2)[C@H]1O. The van der Waals surface area contributed by atoms with E-state index < -0.39 is 78.6 Å². The summed E-state index contributed by atoms with van der Waals surface area (Å²) >= 11 is 0. The van der Waals surface area contributed by atoms with Gasteiger partial charge in [-0.05, 0) is 24.3 Å². The summed E-state index contributed by atoms with van der Waals surface area (Å²) < 4.78 is 56.1. The van der Waals surface area contributed by atoms with Crippen molar-refractivity contribution >= 4 is 12.0 Å². The number of fused-ring (bicyclic) bond motifs is 1. The molecule has 3 aliphatic heterocycles. The monoisotopic (exact) mass is 772 g/mol. The van der Waals surface area contributed by atoms with E-state index in [1.54, 1.807) is 24.4 Å². The molecule has 0 aliphatic carbocycles. The van der Waals surface area contributed by atoms with Gasteiger partial charge < -0.3 is 39.0 Å². The minimum atomic E-state index is -1.33. The van der Waals surface area contributed by atoms with Gasteiger partial charge in [-0.2, -0.15) is 0 Å². The molecule has 2 aromatic heterocycles. The number of likely N-dealkylation sites (tertiary alicyclic amines) is 1. The Hall–Kier alpha value is -5.66. The van der Waals surface area contributed by atoms with Crippen molar-refractivity contribution in [2.45, 2.75) is 54.9 Å². The van der Waals surface area contributed by atoms with Gasteiger partial charge in [0.15, 0.2) is 12.4 Å². The van der Waals surface area contributed by atoms with E-state index in [0.29, 0.717) is 22.5 Å². The molecule has 1 unspecified atom stereocenters. The second-order valence-corrected chi connectivity index (χ2v) is 13.9. The van der Waals surface area contributed by atoms with Crippen molar-refractivity contribution in [2.24, 2.45) is 0 Å². The van der Waals surface area contributed by atoms with Gasteiger partial charge in [-0.25, -0.2) is 22.9 Å². The average molecular weight is 773 g/mol. The Balaban J connectivity index is 1.10. The van der Waals surface area contributed by atoms with Gasteiger partial charge in [0, 0.05) is 43.9 Å². The van der Waals surface area contributed by atoms with Crippen LogP contribution in [0.5, 0.6) is 0 Å². The van der Waals surface area contributed by atoms with E-state index in [-0.39, 0.29) is 19.7 Å². The molecule has 2 N–H and O–H groups in total. The van der Waals surface area contributed by atoms with Crippen LogP contribution in [0.2, 0.25) is 0 Å². The van der Waals surface area contributed by atoms with Crippen molar-refractivity contribution in [3.8, 4) is 22.5 Å². The highest BCUT2D eigenvalue weighted by Crippen LogP contribution is 2.41. The minimum absolute atomic E-state index is 0.0248. The van der Waals surface area contributed by atoms with E-state index in [1.165, 1.54) is 64.9 Å². The number of benzene rings is 3. The minimum Gasteiger partial charge on any atom is -0.465 e. The van der Waals surface area contributed by atoms with Crippen molar-refractivity contribution in [1.29, 1.82) is 0 Å². The van der Waals surface area contributed by atoms with Gasteiger partial charge >= 0.3 is 6.09 Å². The lowest BCUT2D eigenvalue weighted by atomic mass is 9.89. The maximum Gasteiger partial charge on any atom is 0.407 e. The molecule has 8 rings (SSSR count). The van der Waals surface area contributed by atoms with Crippen molar-refractivity contribution in [3.05, 3.63) is 108 Å². The summed E-state index contributed by atoms with van der Waals surface area (Å²) in [4.78, 5) is 29.4. The lowest BCUT2D eigenvalue weighted by Gasteiger charge is -2.50. The zero-order valence-electron chi connectivity index (χ0n) is 30.2. The van der Waals surface area contributed by atoms with Crippen LogP contribution in [0.3, 0.4) is 0 Å². The molecule has 18 heteroatoms. The molecule has 9 atom stereocenters. The van der Waals surface area contributed by atoms with Crippen molar-refractivity contribution in [2.75, 3.05) is 33.9 Å². The average Bonchev–Trinajstić information content (AvgIpc) is 3.91. The number of aliphatic hydroxyl groups is 1. The molecule has 0 saturated carbocycles. The van der Waals surface area contributed by atoms with Crippen LogP contribution in [0.15, 0.2) is 91.3 Å². The summed E-state index contributed by atoms with van der Waals surface area (Å²) in [7, 11) is 2.87. The van der Waals surface area contributed by atoms with Crippen molar-refractivity contribution in [1.82, 2.24) is 39.8 Å². The maximum absolute atomic E-state index is 14.7. The van der Waals surface area contributed by atoms with E-state index in [9.17, 15) is 28.6 Å². The third kappa shape index (κ3) is 7.12. The normalized spacial score (nSPS) is 27.7. The number of aliphatic hydroxyl groups excluding tert-OH is 1. The van der Waals surface area contributed by atoms with Crippen LogP contribution in [0, 0.1) is 11.6 Å². The topological polar surface area (TPSA) is 179 Å². The van der Waals surface area contributed by atoms with Crippen LogP contribution in [0.1, 0.15) is 23.9 Å².